The van der Waals surface area contributed by atoms with Gasteiger partial charge >= 0.3 is 11.9 Å². The Bertz CT molecular complexity index is 1380. The van der Waals surface area contributed by atoms with E-state index in [9.17, 15) is 27.2 Å². The molecule has 0 bridgehead atoms. The Balaban J connectivity index is 1.24. The van der Waals surface area contributed by atoms with Gasteiger partial charge in [-0.2, -0.15) is 17.6 Å². The minimum atomic E-state index is -4.36. The van der Waals surface area contributed by atoms with Crippen LogP contribution in [0.25, 0.3) is 11.1 Å². The van der Waals surface area contributed by atoms with Crippen molar-refractivity contribution < 1.29 is 17.6 Å². The van der Waals surface area contributed by atoms with Crippen molar-refractivity contribution in [2.45, 2.75) is 56.9 Å². The van der Waals surface area contributed by atoms with Gasteiger partial charge in [-0.05, 0) is 67.9 Å². The van der Waals surface area contributed by atoms with E-state index in [-0.39, 0.29) is 22.7 Å². The van der Waals surface area contributed by atoms with Crippen molar-refractivity contribution in [2.24, 2.45) is 5.92 Å². The number of hydrogen-bond acceptors (Lipinski definition) is 4. The lowest BCUT2D eigenvalue weighted by Gasteiger charge is -2.20. The maximum Gasteiger partial charge on any atom is 0.416 e. The molecule has 5 rings (SSSR count). The lowest BCUT2D eigenvalue weighted by Crippen LogP contribution is -2.34. The number of alkyl halides is 3. The van der Waals surface area contributed by atoms with Gasteiger partial charge in [-0.3, -0.25) is 14.3 Å². The molecule has 2 fully saturated rings. The highest BCUT2D eigenvalue weighted by Crippen LogP contribution is 2.59. The van der Waals surface area contributed by atoms with Crippen LogP contribution in [0.3, 0.4) is 0 Å². The number of nitrogens with one attached hydrogen (secondary N) is 2. The number of hydrogen-bond donors (Lipinski definition) is 2. The smallest absolute Gasteiger partial charge is 0.304 e. The average Bonchev–Trinajstić information content (AvgIpc) is 3.38. The molecule has 1 aliphatic heterocycles. The van der Waals surface area contributed by atoms with Gasteiger partial charge in [-0.25, -0.2) is 9.78 Å². The van der Waals surface area contributed by atoms with E-state index in [2.05, 4.69) is 15.3 Å². The molecule has 3 atom stereocenters. The molecule has 2 aromatic heterocycles. The summed E-state index contributed by atoms with van der Waals surface area (Å²) in [5, 5.41) is 3.59. The Kier molecular flexibility index (Phi) is 5.66. The minimum Gasteiger partial charge on any atom is -0.304 e. The quantitative estimate of drug-likeness (QED) is 0.404. The number of nitrogens with zero attached hydrogens (tertiary/aromatic N) is 2. The topological polar surface area (TPSA) is 79.8 Å². The molecule has 3 aromatic rings. The van der Waals surface area contributed by atoms with Crippen LogP contribution in [0.2, 0.25) is 0 Å². The highest BCUT2D eigenvalue weighted by atomic mass is 19.4. The fraction of sp³-hybridized carbons (Fsp3) is 0.400. The van der Waals surface area contributed by atoms with E-state index in [1.54, 1.807) is 19.1 Å². The number of aryl methyl sites for hydroxylation is 2. The van der Waals surface area contributed by atoms with Gasteiger partial charge in [-0.15, -0.1) is 0 Å². The third-order valence-electron chi connectivity index (χ3n) is 7.09. The van der Waals surface area contributed by atoms with Crippen molar-refractivity contribution >= 4 is 0 Å². The van der Waals surface area contributed by atoms with E-state index < -0.39 is 28.9 Å². The molecule has 10 heteroatoms. The van der Waals surface area contributed by atoms with E-state index in [1.165, 1.54) is 23.0 Å². The molecule has 35 heavy (non-hydrogen) atoms. The molecule has 1 aromatic carbocycles. The third-order valence-corrected chi connectivity index (χ3v) is 7.09. The largest absolute Gasteiger partial charge is 0.416 e. The fourth-order valence-corrected chi connectivity index (χ4v) is 5.26. The lowest BCUT2D eigenvalue weighted by atomic mass is 10.0. The van der Waals surface area contributed by atoms with Gasteiger partial charge < -0.3 is 5.32 Å². The Morgan fingerprint density at radius 1 is 1.17 bits per heavy atom. The highest BCUT2D eigenvalue weighted by Gasteiger charge is 2.60. The Morgan fingerprint density at radius 3 is 2.63 bits per heavy atom. The van der Waals surface area contributed by atoms with Crippen molar-refractivity contribution in [1.82, 2.24) is 19.9 Å². The molecule has 1 unspecified atom stereocenters. The summed E-state index contributed by atoms with van der Waals surface area (Å²) in [6.45, 7) is 2.07. The zero-order valence-electron chi connectivity index (χ0n) is 19.0. The number of aromatic nitrogens is 3. The zero-order chi connectivity index (χ0) is 25.0. The molecule has 2 aliphatic rings. The number of pyridine rings is 1. The molecule has 0 spiro atoms. The molecule has 6 nitrogen and oxygen atoms in total. The molecule has 0 amide bonds. The lowest BCUT2D eigenvalue weighted by molar-refractivity contribution is -0.137. The van der Waals surface area contributed by atoms with Gasteiger partial charge in [0.25, 0.3) is 5.56 Å². The predicted molar refractivity (Wildman–Crippen MR) is 121 cm³/mol. The van der Waals surface area contributed by atoms with Crippen LogP contribution in [0, 0.1) is 18.8 Å². The number of fused-ring (bicyclic) bond motifs is 1. The third kappa shape index (κ3) is 4.42. The number of rotatable bonds is 6. The van der Waals surface area contributed by atoms with Crippen molar-refractivity contribution in [2.75, 3.05) is 0 Å². The summed E-state index contributed by atoms with van der Waals surface area (Å²) in [5.41, 5.74) is -0.532. The Morgan fingerprint density at radius 2 is 1.91 bits per heavy atom. The second kappa shape index (κ2) is 8.44. The van der Waals surface area contributed by atoms with Crippen molar-refractivity contribution in [3.05, 3.63) is 86.2 Å². The van der Waals surface area contributed by atoms with Crippen LogP contribution < -0.4 is 16.6 Å². The van der Waals surface area contributed by atoms with E-state index in [4.69, 9.17) is 0 Å². The standard InChI is InChI=1S/C25H24F4N4O2/c1-14-9-19(21(26)30-12-14)20-13-33(23(35)31-22(20)34)8-2-3-18-10-17-11-24(17,32-18)15-4-6-16(7-5-15)25(27,28)29/h4-7,9,12-13,17-18,32H,2-3,8,10-11H2,1H3,(H,31,34,35)/t17-,18?,24-/m1/s1. The van der Waals surface area contributed by atoms with Crippen LogP contribution in [-0.4, -0.2) is 20.6 Å². The molecule has 184 valence electrons. The summed E-state index contributed by atoms with van der Waals surface area (Å²) in [5.74, 6) is -0.405. The number of H-pyrrole nitrogens is 1. The molecule has 3 heterocycles. The van der Waals surface area contributed by atoms with Crippen LogP contribution in [0.1, 0.15) is 42.4 Å². The molecular formula is C25H24F4N4O2. The minimum absolute atomic E-state index is 0.0380. The zero-order valence-corrected chi connectivity index (χ0v) is 19.0. The second-order valence-corrected chi connectivity index (χ2v) is 9.51. The molecular weight excluding hydrogens is 464 g/mol. The monoisotopic (exact) mass is 488 g/mol. The van der Waals surface area contributed by atoms with Gasteiger partial charge in [0.05, 0.1) is 11.1 Å². The van der Waals surface area contributed by atoms with Crippen LogP contribution in [0.5, 0.6) is 0 Å². The number of aromatic amines is 1. The van der Waals surface area contributed by atoms with Crippen LogP contribution in [-0.2, 0) is 18.3 Å². The van der Waals surface area contributed by atoms with Gasteiger partial charge in [-0.1, -0.05) is 12.1 Å². The summed E-state index contributed by atoms with van der Waals surface area (Å²) in [6, 6.07) is 7.05. The maximum atomic E-state index is 14.2. The number of halogens is 4. The predicted octanol–water partition coefficient (Wildman–Crippen LogP) is 4.12. The summed E-state index contributed by atoms with van der Waals surface area (Å²) >= 11 is 0. The average molecular weight is 488 g/mol. The van der Waals surface area contributed by atoms with Crippen molar-refractivity contribution in [3.8, 4) is 11.1 Å². The van der Waals surface area contributed by atoms with E-state index in [1.807, 2.05) is 0 Å². The Labute approximate surface area is 198 Å². The first kappa shape index (κ1) is 23.5. The van der Waals surface area contributed by atoms with E-state index >= 15 is 0 Å². The second-order valence-electron chi connectivity index (χ2n) is 9.51. The fourth-order valence-electron chi connectivity index (χ4n) is 5.26. The van der Waals surface area contributed by atoms with Gasteiger partial charge in [0.2, 0.25) is 5.95 Å². The summed E-state index contributed by atoms with van der Waals surface area (Å²) in [6.07, 6.45) is 1.56. The van der Waals surface area contributed by atoms with Crippen molar-refractivity contribution in [3.63, 3.8) is 0 Å². The Hall–Kier alpha value is -3.27. The summed E-state index contributed by atoms with van der Waals surface area (Å²) < 4.78 is 54.2. The van der Waals surface area contributed by atoms with Crippen LogP contribution >= 0.6 is 0 Å². The highest BCUT2D eigenvalue weighted by molar-refractivity contribution is 5.61. The first-order chi connectivity index (χ1) is 16.6. The van der Waals surface area contributed by atoms with E-state index in [0.717, 1.165) is 37.0 Å². The first-order valence-electron chi connectivity index (χ1n) is 11.5. The number of benzene rings is 1. The van der Waals surface area contributed by atoms with Gasteiger partial charge in [0.1, 0.15) is 0 Å². The normalized spacial score (nSPS) is 23.3. The summed E-state index contributed by atoms with van der Waals surface area (Å²) in [4.78, 5) is 30.5. The van der Waals surface area contributed by atoms with Crippen molar-refractivity contribution in [1.29, 1.82) is 0 Å². The molecule has 1 saturated carbocycles. The molecule has 1 aliphatic carbocycles. The molecule has 1 saturated heterocycles. The first-order valence-corrected chi connectivity index (χ1v) is 11.5. The van der Waals surface area contributed by atoms with Crippen LogP contribution in [0.15, 0.2) is 52.3 Å². The summed E-state index contributed by atoms with van der Waals surface area (Å²) in [7, 11) is 0. The van der Waals surface area contributed by atoms with Crippen LogP contribution in [0.4, 0.5) is 17.6 Å². The molecule has 0 radical (unpaired) electrons. The van der Waals surface area contributed by atoms with E-state index in [0.29, 0.717) is 24.4 Å². The molecule has 2 N–H and O–H groups in total. The van der Waals surface area contributed by atoms with Gasteiger partial charge in [0.15, 0.2) is 0 Å². The van der Waals surface area contributed by atoms with Gasteiger partial charge in [0, 0.05) is 36.1 Å². The number of piperidine rings is 1. The SMILES string of the molecule is Cc1cnc(F)c(-c2cn(CCCC3C[C@@H]4C[C@]4(c4ccc(C(F)(F)F)cc4)N3)c(=O)[nH]c2=O)c1. The maximum absolute atomic E-state index is 14.2.